The molecule has 0 radical (unpaired) electrons. The van der Waals surface area contributed by atoms with E-state index in [0.29, 0.717) is 16.5 Å². The van der Waals surface area contributed by atoms with E-state index in [2.05, 4.69) is 21.6 Å². The summed E-state index contributed by atoms with van der Waals surface area (Å²) in [6, 6.07) is 5.48. The molecule has 0 atom stereocenters. The van der Waals surface area contributed by atoms with E-state index in [1.54, 1.807) is 0 Å². The number of halogens is 2. The summed E-state index contributed by atoms with van der Waals surface area (Å²) in [5, 5.41) is 5.36. The molecule has 0 aliphatic carbocycles. The van der Waals surface area contributed by atoms with Gasteiger partial charge in [-0.15, -0.1) is 0 Å². The van der Waals surface area contributed by atoms with Gasteiger partial charge in [-0.05, 0) is 24.1 Å². The van der Waals surface area contributed by atoms with Crippen LogP contribution in [0.2, 0.25) is 10.0 Å². The normalized spacial score (nSPS) is 10.6. The second-order valence-electron chi connectivity index (χ2n) is 3.82. The number of nitrogens with one attached hydrogen (secondary N) is 1. The van der Waals surface area contributed by atoms with Crippen molar-refractivity contribution in [2.24, 2.45) is 0 Å². The number of anilines is 1. The van der Waals surface area contributed by atoms with Crippen molar-refractivity contribution in [3.05, 3.63) is 39.6 Å². The Labute approximate surface area is 120 Å². The van der Waals surface area contributed by atoms with Crippen LogP contribution < -0.4 is 5.32 Å². The van der Waals surface area contributed by atoms with Gasteiger partial charge in [0.2, 0.25) is 5.13 Å². The third-order valence-electron chi connectivity index (χ3n) is 2.39. The second kappa shape index (κ2) is 6.36. The first kappa shape index (κ1) is 13.6. The van der Waals surface area contributed by atoms with Gasteiger partial charge in [0, 0.05) is 34.5 Å². The van der Waals surface area contributed by atoms with Crippen molar-refractivity contribution in [3.8, 4) is 0 Å². The van der Waals surface area contributed by atoms with E-state index in [9.17, 15) is 0 Å². The van der Waals surface area contributed by atoms with Crippen LogP contribution in [0.1, 0.15) is 24.7 Å². The zero-order chi connectivity index (χ0) is 13.0. The second-order valence-corrected chi connectivity index (χ2v) is 5.39. The summed E-state index contributed by atoms with van der Waals surface area (Å²) in [5.74, 6) is 0.744. The lowest BCUT2D eigenvalue weighted by molar-refractivity contribution is 0.966. The smallest absolute Gasteiger partial charge is 0.202 e. The molecule has 18 heavy (non-hydrogen) atoms. The van der Waals surface area contributed by atoms with Gasteiger partial charge in [0.25, 0.3) is 0 Å². The average molecular weight is 302 g/mol. The molecule has 0 aliphatic rings. The quantitative estimate of drug-likeness (QED) is 0.897. The molecule has 0 amide bonds. The van der Waals surface area contributed by atoms with E-state index in [4.69, 9.17) is 23.2 Å². The topological polar surface area (TPSA) is 37.8 Å². The highest BCUT2D eigenvalue weighted by Crippen LogP contribution is 2.26. The van der Waals surface area contributed by atoms with Gasteiger partial charge in [0.1, 0.15) is 5.82 Å². The minimum absolute atomic E-state index is 0.558. The highest BCUT2D eigenvalue weighted by molar-refractivity contribution is 7.09. The zero-order valence-electron chi connectivity index (χ0n) is 9.91. The lowest BCUT2D eigenvalue weighted by Crippen LogP contribution is -1.99. The van der Waals surface area contributed by atoms with Crippen molar-refractivity contribution in [2.75, 3.05) is 11.9 Å². The number of hydrogen-bond acceptors (Lipinski definition) is 4. The van der Waals surface area contributed by atoms with Gasteiger partial charge in [-0.1, -0.05) is 36.2 Å². The Hall–Kier alpha value is -0.840. The summed E-state index contributed by atoms with van der Waals surface area (Å²) in [4.78, 5) is 4.40. The maximum absolute atomic E-state index is 6.12. The Morgan fingerprint density at radius 2 is 2.00 bits per heavy atom. The third kappa shape index (κ3) is 3.34. The van der Waals surface area contributed by atoms with Crippen LogP contribution in [0.25, 0.3) is 0 Å². The van der Waals surface area contributed by atoms with Crippen LogP contribution in [-0.2, 0) is 6.42 Å². The van der Waals surface area contributed by atoms with Crippen LogP contribution >= 0.6 is 34.7 Å². The van der Waals surface area contributed by atoms with E-state index < -0.39 is 0 Å². The third-order valence-corrected chi connectivity index (χ3v) is 3.81. The maximum atomic E-state index is 6.12. The summed E-state index contributed by atoms with van der Waals surface area (Å²) in [6.45, 7) is 3.01. The van der Waals surface area contributed by atoms with E-state index in [1.165, 1.54) is 11.5 Å². The molecule has 1 heterocycles. The van der Waals surface area contributed by atoms with Gasteiger partial charge in [0.05, 0.1) is 0 Å². The monoisotopic (exact) mass is 301 g/mol. The van der Waals surface area contributed by atoms with Gasteiger partial charge in [-0.2, -0.15) is 4.37 Å². The molecule has 6 heteroatoms. The summed E-state index contributed by atoms with van der Waals surface area (Å²) in [5.41, 5.74) is 0.876. The predicted octanol–water partition coefficient (Wildman–Crippen LogP) is 4.26. The molecule has 1 aromatic heterocycles. The van der Waals surface area contributed by atoms with Crippen molar-refractivity contribution in [1.82, 2.24) is 9.36 Å². The summed E-state index contributed by atoms with van der Waals surface area (Å²) < 4.78 is 4.30. The molecule has 3 nitrogen and oxygen atoms in total. The number of rotatable bonds is 5. The molecule has 96 valence electrons. The molecule has 0 aliphatic heterocycles. The molecule has 2 aromatic rings. The Kier molecular flexibility index (Phi) is 4.80. The fourth-order valence-corrected chi connectivity index (χ4v) is 2.63. The standard InChI is InChI=1S/C12H13Cl2N3S/c1-2-6-15-12-16-11(17-18-12)7-8-9(13)4-3-5-10(8)14/h3-5H,2,6-7H2,1H3,(H,15,16,17). The molecule has 0 unspecified atom stereocenters. The minimum Gasteiger partial charge on any atom is -0.360 e. The van der Waals surface area contributed by atoms with Crippen molar-refractivity contribution >= 4 is 39.9 Å². The van der Waals surface area contributed by atoms with E-state index in [0.717, 1.165) is 29.5 Å². The molecule has 0 saturated heterocycles. The van der Waals surface area contributed by atoms with E-state index in [-0.39, 0.29) is 0 Å². The van der Waals surface area contributed by atoms with Gasteiger partial charge >= 0.3 is 0 Å². The maximum Gasteiger partial charge on any atom is 0.202 e. The zero-order valence-corrected chi connectivity index (χ0v) is 12.2. The average Bonchev–Trinajstić information content (AvgIpc) is 2.79. The fraction of sp³-hybridized carbons (Fsp3) is 0.333. The van der Waals surface area contributed by atoms with Gasteiger partial charge in [-0.3, -0.25) is 0 Å². The molecular weight excluding hydrogens is 289 g/mol. The van der Waals surface area contributed by atoms with Crippen molar-refractivity contribution in [3.63, 3.8) is 0 Å². The molecule has 0 fully saturated rings. The van der Waals surface area contributed by atoms with E-state index >= 15 is 0 Å². The first-order chi connectivity index (χ1) is 8.70. The van der Waals surface area contributed by atoms with Crippen molar-refractivity contribution < 1.29 is 0 Å². The van der Waals surface area contributed by atoms with Crippen LogP contribution in [0.15, 0.2) is 18.2 Å². The van der Waals surface area contributed by atoms with Gasteiger partial charge in [-0.25, -0.2) is 4.98 Å². The van der Waals surface area contributed by atoms with Gasteiger partial charge in [0.15, 0.2) is 0 Å². The number of hydrogen-bond donors (Lipinski definition) is 1. The largest absolute Gasteiger partial charge is 0.360 e. The highest BCUT2D eigenvalue weighted by Gasteiger charge is 2.10. The Bertz CT molecular complexity index is 508. The van der Waals surface area contributed by atoms with Crippen molar-refractivity contribution in [1.29, 1.82) is 0 Å². The number of nitrogens with zero attached hydrogens (tertiary/aromatic N) is 2. The molecule has 2 rings (SSSR count). The number of benzene rings is 1. The number of aromatic nitrogens is 2. The first-order valence-corrected chi connectivity index (χ1v) is 7.23. The first-order valence-electron chi connectivity index (χ1n) is 5.70. The Balaban J connectivity index is 2.11. The van der Waals surface area contributed by atoms with Crippen LogP contribution in [0.4, 0.5) is 5.13 Å². The lowest BCUT2D eigenvalue weighted by atomic mass is 10.1. The van der Waals surface area contributed by atoms with E-state index in [1.807, 2.05) is 18.2 Å². The van der Waals surface area contributed by atoms with Crippen LogP contribution in [0.5, 0.6) is 0 Å². The summed E-state index contributed by atoms with van der Waals surface area (Å²) in [7, 11) is 0. The van der Waals surface area contributed by atoms with Crippen molar-refractivity contribution in [2.45, 2.75) is 19.8 Å². The van der Waals surface area contributed by atoms with Crippen LogP contribution in [0.3, 0.4) is 0 Å². The predicted molar refractivity (Wildman–Crippen MR) is 78.0 cm³/mol. The highest BCUT2D eigenvalue weighted by atomic mass is 35.5. The molecular formula is C12H13Cl2N3S. The molecule has 0 spiro atoms. The van der Waals surface area contributed by atoms with Crippen LogP contribution in [-0.4, -0.2) is 15.9 Å². The minimum atomic E-state index is 0.558. The lowest BCUT2D eigenvalue weighted by Gasteiger charge is -2.03. The molecule has 0 saturated carbocycles. The summed E-state index contributed by atoms with van der Waals surface area (Å²) >= 11 is 13.6. The SMILES string of the molecule is CCCNc1nc(Cc2c(Cl)cccc2Cl)ns1. The Morgan fingerprint density at radius 3 is 2.67 bits per heavy atom. The van der Waals surface area contributed by atoms with Gasteiger partial charge < -0.3 is 5.32 Å². The Morgan fingerprint density at radius 1 is 1.28 bits per heavy atom. The van der Waals surface area contributed by atoms with Crippen LogP contribution in [0, 0.1) is 0 Å². The molecule has 0 bridgehead atoms. The molecule has 1 N–H and O–H groups in total. The fourth-order valence-electron chi connectivity index (χ4n) is 1.49. The summed E-state index contributed by atoms with van der Waals surface area (Å²) in [6.07, 6.45) is 1.62. The molecule has 1 aromatic carbocycles.